The van der Waals surface area contributed by atoms with E-state index in [1.165, 1.54) is 27.9 Å². The van der Waals surface area contributed by atoms with E-state index in [-0.39, 0.29) is 48.1 Å². The van der Waals surface area contributed by atoms with E-state index in [0.29, 0.717) is 0 Å². The van der Waals surface area contributed by atoms with Crippen LogP contribution in [0.1, 0.15) is 59.4 Å². The summed E-state index contributed by atoms with van der Waals surface area (Å²) < 4.78 is 1.22. The molecule has 2 atom stereocenters. The number of anilines is 1. The van der Waals surface area contributed by atoms with E-state index in [1.54, 1.807) is 4.90 Å². The van der Waals surface area contributed by atoms with Crippen molar-refractivity contribution in [3.63, 3.8) is 0 Å². The number of carbonyl (C=O) groups is 2. The van der Waals surface area contributed by atoms with Gasteiger partial charge in [-0.2, -0.15) is 5.10 Å². The van der Waals surface area contributed by atoms with E-state index in [4.69, 9.17) is 0 Å². The average molecular weight is 457 g/mol. The third kappa shape index (κ3) is 4.25. The normalized spacial score (nSPS) is 18.8. The summed E-state index contributed by atoms with van der Waals surface area (Å²) in [6.45, 7) is 2.12. The molecule has 0 bridgehead atoms. The van der Waals surface area contributed by atoms with Crippen LogP contribution in [0.4, 0.5) is 5.69 Å². The molecule has 3 aromatic rings. The van der Waals surface area contributed by atoms with Crippen molar-refractivity contribution in [1.82, 2.24) is 15.1 Å². The second-order valence-electron chi connectivity index (χ2n) is 9.10. The first kappa shape index (κ1) is 22.1. The number of nitrogens with one attached hydrogen (secondary N) is 1. The molecule has 0 fully saturated rings. The molecule has 1 aliphatic heterocycles. The van der Waals surface area contributed by atoms with Crippen LogP contribution in [0.3, 0.4) is 0 Å². The highest BCUT2D eigenvalue weighted by Crippen LogP contribution is 2.33. The predicted octanol–water partition coefficient (Wildman–Crippen LogP) is 3.42. The summed E-state index contributed by atoms with van der Waals surface area (Å²) in [5.74, 6) is -0.372. The predicted molar refractivity (Wildman–Crippen MR) is 130 cm³/mol. The SMILES string of the molecule is C[C@@H]1Cc2ccccc2N1C(=O)c1ccc(=O)n(CCC(=O)N[C@@H]2CCCc3ccccc32)n1. The molecule has 7 nitrogen and oxygen atoms in total. The fourth-order valence-corrected chi connectivity index (χ4v) is 5.10. The summed E-state index contributed by atoms with van der Waals surface area (Å²) in [6.07, 6.45) is 3.87. The van der Waals surface area contributed by atoms with Crippen LogP contribution < -0.4 is 15.8 Å². The Hall–Kier alpha value is -3.74. The Morgan fingerprint density at radius 3 is 2.65 bits per heavy atom. The van der Waals surface area contributed by atoms with Gasteiger partial charge in [0.15, 0.2) is 0 Å². The quantitative estimate of drug-likeness (QED) is 0.638. The molecule has 0 spiro atoms. The topological polar surface area (TPSA) is 84.3 Å². The zero-order valence-electron chi connectivity index (χ0n) is 19.2. The Balaban J connectivity index is 1.27. The van der Waals surface area contributed by atoms with Gasteiger partial charge in [-0.3, -0.25) is 14.4 Å². The number of nitrogens with zero attached hydrogens (tertiary/aromatic N) is 3. The van der Waals surface area contributed by atoms with Gasteiger partial charge in [0.2, 0.25) is 5.91 Å². The minimum atomic E-state index is -0.331. The lowest BCUT2D eigenvalue weighted by atomic mass is 9.88. The molecule has 0 saturated heterocycles. The molecule has 2 amide bonds. The molecule has 1 aliphatic carbocycles. The monoisotopic (exact) mass is 456 g/mol. The van der Waals surface area contributed by atoms with Crippen LogP contribution in [0.2, 0.25) is 0 Å². The molecule has 5 rings (SSSR count). The molecular weight excluding hydrogens is 428 g/mol. The molecule has 1 N–H and O–H groups in total. The summed E-state index contributed by atoms with van der Waals surface area (Å²) in [5.41, 5.74) is 4.32. The Morgan fingerprint density at radius 1 is 1.03 bits per heavy atom. The van der Waals surface area contributed by atoms with Crippen molar-refractivity contribution in [2.45, 2.75) is 57.7 Å². The number of benzene rings is 2. The highest BCUT2D eigenvalue weighted by molar-refractivity contribution is 6.06. The summed E-state index contributed by atoms with van der Waals surface area (Å²) in [4.78, 5) is 40.1. The van der Waals surface area contributed by atoms with E-state index < -0.39 is 0 Å². The summed E-state index contributed by atoms with van der Waals surface area (Å²) in [7, 11) is 0. The van der Waals surface area contributed by atoms with Crippen LogP contribution in [-0.4, -0.2) is 27.6 Å². The molecule has 0 radical (unpaired) electrons. The Kier molecular flexibility index (Phi) is 6.01. The largest absolute Gasteiger partial charge is 0.349 e. The third-order valence-corrected chi connectivity index (χ3v) is 6.77. The van der Waals surface area contributed by atoms with Crippen LogP contribution in [0.15, 0.2) is 65.5 Å². The average Bonchev–Trinajstić information content (AvgIpc) is 3.19. The highest BCUT2D eigenvalue weighted by atomic mass is 16.2. The van der Waals surface area contributed by atoms with Gasteiger partial charge in [0.1, 0.15) is 5.69 Å². The number of amides is 2. The fourth-order valence-electron chi connectivity index (χ4n) is 5.10. The molecule has 1 aromatic heterocycles. The zero-order valence-corrected chi connectivity index (χ0v) is 19.2. The lowest BCUT2D eigenvalue weighted by Crippen LogP contribution is -2.38. The van der Waals surface area contributed by atoms with Crippen molar-refractivity contribution in [3.05, 3.63) is 93.4 Å². The van der Waals surface area contributed by atoms with E-state index in [1.807, 2.05) is 43.3 Å². The second-order valence-corrected chi connectivity index (χ2v) is 9.10. The maximum Gasteiger partial charge on any atom is 0.278 e. The maximum atomic E-state index is 13.3. The lowest BCUT2D eigenvalue weighted by Gasteiger charge is -2.26. The minimum absolute atomic E-state index is 0.00762. The van der Waals surface area contributed by atoms with Gasteiger partial charge in [-0.05, 0) is 61.4 Å². The van der Waals surface area contributed by atoms with Gasteiger partial charge in [0.05, 0.1) is 12.6 Å². The molecule has 2 aliphatic rings. The molecule has 0 saturated carbocycles. The Labute approximate surface area is 198 Å². The first-order valence-electron chi connectivity index (χ1n) is 11.9. The molecular formula is C27H28N4O3. The highest BCUT2D eigenvalue weighted by Gasteiger charge is 2.32. The number of rotatable bonds is 5. The number of hydrogen-bond acceptors (Lipinski definition) is 4. The standard InChI is InChI=1S/C27H28N4O3/c1-18-17-20-8-3-5-12-24(20)31(18)27(34)23-13-14-26(33)30(29-23)16-15-25(32)28-22-11-6-9-19-7-2-4-10-21(19)22/h2-5,7-8,10,12-14,18,22H,6,9,11,15-17H2,1H3,(H,28,32)/t18-,22-/m1/s1. The summed E-state index contributed by atoms with van der Waals surface area (Å²) >= 11 is 0. The third-order valence-electron chi connectivity index (χ3n) is 6.77. The number of aromatic nitrogens is 2. The van der Waals surface area contributed by atoms with E-state index in [2.05, 4.69) is 22.5 Å². The number of aryl methyl sites for hydroxylation is 2. The van der Waals surface area contributed by atoms with E-state index >= 15 is 0 Å². The van der Waals surface area contributed by atoms with E-state index in [0.717, 1.165) is 36.9 Å². The van der Waals surface area contributed by atoms with Gasteiger partial charge >= 0.3 is 0 Å². The van der Waals surface area contributed by atoms with Gasteiger partial charge in [0.25, 0.3) is 11.5 Å². The first-order chi connectivity index (χ1) is 16.5. The van der Waals surface area contributed by atoms with Crippen LogP contribution in [0, 0.1) is 0 Å². The van der Waals surface area contributed by atoms with Crippen LogP contribution in [-0.2, 0) is 24.2 Å². The van der Waals surface area contributed by atoms with Gasteiger partial charge in [-0.25, -0.2) is 4.68 Å². The number of fused-ring (bicyclic) bond motifs is 2. The van der Waals surface area contributed by atoms with Gasteiger partial charge in [-0.15, -0.1) is 0 Å². The Morgan fingerprint density at radius 2 is 1.79 bits per heavy atom. The van der Waals surface area contributed by atoms with Crippen molar-refractivity contribution >= 4 is 17.5 Å². The van der Waals surface area contributed by atoms with Crippen LogP contribution in [0.5, 0.6) is 0 Å². The van der Waals surface area contributed by atoms with Crippen molar-refractivity contribution in [2.24, 2.45) is 0 Å². The summed E-state index contributed by atoms with van der Waals surface area (Å²) in [6, 6.07) is 18.9. The first-order valence-corrected chi connectivity index (χ1v) is 11.9. The van der Waals surface area contributed by atoms with Crippen LogP contribution in [0.25, 0.3) is 0 Å². The molecule has 2 aromatic carbocycles. The van der Waals surface area contributed by atoms with Gasteiger partial charge in [0, 0.05) is 24.2 Å². The number of hydrogen-bond donors (Lipinski definition) is 1. The second kappa shape index (κ2) is 9.25. The van der Waals surface area contributed by atoms with Crippen molar-refractivity contribution in [2.75, 3.05) is 4.90 Å². The van der Waals surface area contributed by atoms with Gasteiger partial charge in [-0.1, -0.05) is 42.5 Å². The lowest BCUT2D eigenvalue weighted by molar-refractivity contribution is -0.122. The number of carbonyl (C=O) groups excluding carboxylic acids is 2. The Bertz CT molecular complexity index is 1300. The fraction of sp³-hybridized carbons (Fsp3) is 0.333. The van der Waals surface area contributed by atoms with E-state index in [9.17, 15) is 14.4 Å². The molecule has 2 heterocycles. The maximum absolute atomic E-state index is 13.3. The molecule has 7 heteroatoms. The van der Waals surface area contributed by atoms with Crippen molar-refractivity contribution in [1.29, 1.82) is 0 Å². The summed E-state index contributed by atoms with van der Waals surface area (Å²) in [5, 5.41) is 7.42. The minimum Gasteiger partial charge on any atom is -0.349 e. The van der Waals surface area contributed by atoms with Crippen molar-refractivity contribution < 1.29 is 9.59 Å². The number of para-hydroxylation sites is 1. The molecule has 0 unspecified atom stereocenters. The zero-order chi connectivity index (χ0) is 23.7. The van der Waals surface area contributed by atoms with Gasteiger partial charge < -0.3 is 10.2 Å². The molecule has 34 heavy (non-hydrogen) atoms. The smallest absolute Gasteiger partial charge is 0.278 e. The van der Waals surface area contributed by atoms with Crippen molar-refractivity contribution in [3.8, 4) is 0 Å². The van der Waals surface area contributed by atoms with Crippen LogP contribution >= 0.6 is 0 Å². The molecule has 174 valence electrons.